The molecule has 0 saturated carbocycles. The van der Waals surface area contributed by atoms with Gasteiger partial charge in [-0.3, -0.25) is 4.79 Å². The molecule has 0 aliphatic heterocycles. The number of H-pyrrole nitrogens is 1. The first-order valence-electron chi connectivity index (χ1n) is 5.47. The highest BCUT2D eigenvalue weighted by Gasteiger charge is 2.31. The van der Waals surface area contributed by atoms with Crippen LogP contribution in [-0.4, -0.2) is 26.1 Å². The number of aldehydes is 1. The molecular formula is C12H8F3NO4S. The quantitative estimate of drug-likeness (QED) is 0.879. The number of aromatic amines is 1. The van der Waals surface area contributed by atoms with Gasteiger partial charge in [0.15, 0.2) is 6.29 Å². The molecule has 2 aromatic rings. The van der Waals surface area contributed by atoms with Crippen molar-refractivity contribution < 1.29 is 31.1 Å². The molecule has 9 heteroatoms. The summed E-state index contributed by atoms with van der Waals surface area (Å²) in [6.45, 7) is 0. The summed E-state index contributed by atoms with van der Waals surface area (Å²) in [6.07, 6.45) is -2.16. The number of aromatic nitrogens is 1. The van der Waals surface area contributed by atoms with Gasteiger partial charge in [-0.15, -0.1) is 13.2 Å². The SMILES string of the molecule is O=Cc1c[nH]cc1S(=O)(=O)c1ccc(OC(F)(F)F)cc1. The summed E-state index contributed by atoms with van der Waals surface area (Å²) < 4.78 is 64.1. The summed E-state index contributed by atoms with van der Waals surface area (Å²) >= 11 is 0. The fourth-order valence-corrected chi connectivity index (χ4v) is 3.02. The van der Waals surface area contributed by atoms with Gasteiger partial charge in [-0.2, -0.15) is 0 Å². The van der Waals surface area contributed by atoms with Gasteiger partial charge in [0, 0.05) is 12.4 Å². The summed E-state index contributed by atoms with van der Waals surface area (Å²) in [5, 5.41) is 0. The van der Waals surface area contributed by atoms with E-state index in [0.717, 1.165) is 30.5 Å². The highest BCUT2D eigenvalue weighted by molar-refractivity contribution is 7.91. The van der Waals surface area contributed by atoms with Crippen molar-refractivity contribution in [3.05, 3.63) is 42.2 Å². The minimum absolute atomic E-state index is 0.0642. The lowest BCUT2D eigenvalue weighted by Crippen LogP contribution is -2.17. The number of nitrogens with one attached hydrogen (secondary N) is 1. The number of carbonyl (C=O) groups excluding carboxylic acids is 1. The van der Waals surface area contributed by atoms with Crippen LogP contribution in [0.2, 0.25) is 0 Å². The zero-order valence-corrected chi connectivity index (χ0v) is 11.0. The maximum absolute atomic E-state index is 12.2. The van der Waals surface area contributed by atoms with Crippen LogP contribution in [0.1, 0.15) is 10.4 Å². The molecule has 0 fully saturated rings. The molecule has 0 bridgehead atoms. The largest absolute Gasteiger partial charge is 0.573 e. The van der Waals surface area contributed by atoms with Gasteiger partial charge in [-0.05, 0) is 24.3 Å². The Balaban J connectivity index is 2.36. The molecule has 0 aliphatic carbocycles. The van der Waals surface area contributed by atoms with Crippen molar-refractivity contribution in [2.24, 2.45) is 0 Å². The van der Waals surface area contributed by atoms with E-state index in [2.05, 4.69) is 9.72 Å². The van der Waals surface area contributed by atoms with Crippen molar-refractivity contribution >= 4 is 16.1 Å². The lowest BCUT2D eigenvalue weighted by atomic mass is 10.3. The molecule has 5 nitrogen and oxygen atoms in total. The van der Waals surface area contributed by atoms with E-state index in [-0.39, 0.29) is 15.4 Å². The molecule has 0 atom stereocenters. The molecule has 0 amide bonds. The van der Waals surface area contributed by atoms with E-state index < -0.39 is 21.9 Å². The van der Waals surface area contributed by atoms with Gasteiger partial charge in [-0.25, -0.2) is 8.42 Å². The molecule has 1 aromatic carbocycles. The third-order valence-corrected chi connectivity index (χ3v) is 4.35. The number of hydrogen-bond donors (Lipinski definition) is 1. The van der Waals surface area contributed by atoms with Gasteiger partial charge < -0.3 is 9.72 Å². The van der Waals surface area contributed by atoms with Crippen LogP contribution in [0.5, 0.6) is 5.75 Å². The van der Waals surface area contributed by atoms with E-state index in [1.165, 1.54) is 6.20 Å². The van der Waals surface area contributed by atoms with Crippen LogP contribution in [-0.2, 0) is 9.84 Å². The second-order valence-corrected chi connectivity index (χ2v) is 5.83. The highest BCUT2D eigenvalue weighted by atomic mass is 32.2. The normalized spacial score (nSPS) is 12.1. The van der Waals surface area contributed by atoms with Crippen LogP contribution in [0.4, 0.5) is 13.2 Å². The van der Waals surface area contributed by atoms with Crippen molar-refractivity contribution in [2.45, 2.75) is 16.2 Å². The number of carbonyl (C=O) groups is 1. The van der Waals surface area contributed by atoms with Gasteiger partial charge in [0.25, 0.3) is 0 Å². The zero-order valence-electron chi connectivity index (χ0n) is 10.2. The smallest absolute Gasteiger partial charge is 0.406 e. The number of halogens is 3. The number of sulfone groups is 1. The average molecular weight is 319 g/mol. The van der Waals surface area contributed by atoms with Gasteiger partial charge in [-0.1, -0.05) is 0 Å². The van der Waals surface area contributed by atoms with Crippen molar-refractivity contribution in [3.8, 4) is 5.75 Å². The second-order valence-electron chi connectivity index (χ2n) is 3.92. The number of benzene rings is 1. The third kappa shape index (κ3) is 3.24. The predicted molar refractivity (Wildman–Crippen MR) is 64.8 cm³/mol. The molecule has 2 rings (SSSR count). The Morgan fingerprint density at radius 3 is 2.24 bits per heavy atom. The molecule has 0 aliphatic rings. The van der Waals surface area contributed by atoms with Crippen LogP contribution >= 0.6 is 0 Å². The summed E-state index contributed by atoms with van der Waals surface area (Å²) in [7, 11) is -4.00. The number of ether oxygens (including phenoxy) is 1. The fourth-order valence-electron chi connectivity index (χ4n) is 1.63. The van der Waals surface area contributed by atoms with E-state index in [4.69, 9.17) is 0 Å². The standard InChI is InChI=1S/C12H8F3NO4S/c13-12(14,15)20-9-1-3-10(4-2-9)21(18,19)11-6-16-5-8(11)7-17/h1-7,16H. The minimum Gasteiger partial charge on any atom is -0.406 e. The predicted octanol–water partition coefficient (Wildman–Crippen LogP) is 2.56. The number of alkyl halides is 3. The van der Waals surface area contributed by atoms with Gasteiger partial charge in [0.05, 0.1) is 15.4 Å². The van der Waals surface area contributed by atoms with E-state index in [9.17, 15) is 26.4 Å². The van der Waals surface area contributed by atoms with Crippen molar-refractivity contribution in [2.75, 3.05) is 0 Å². The van der Waals surface area contributed by atoms with Crippen LogP contribution in [0.25, 0.3) is 0 Å². The Bertz CT molecular complexity index is 748. The first-order valence-corrected chi connectivity index (χ1v) is 6.95. The molecule has 1 N–H and O–H groups in total. The van der Waals surface area contributed by atoms with Gasteiger partial charge in [0.2, 0.25) is 9.84 Å². The Morgan fingerprint density at radius 2 is 1.71 bits per heavy atom. The van der Waals surface area contributed by atoms with E-state index in [0.29, 0.717) is 6.29 Å². The second kappa shape index (κ2) is 5.24. The van der Waals surface area contributed by atoms with E-state index in [1.54, 1.807) is 0 Å². The summed E-state index contributed by atoms with van der Waals surface area (Å²) in [4.78, 5) is 12.7. The fraction of sp³-hybridized carbons (Fsp3) is 0.0833. The lowest BCUT2D eigenvalue weighted by molar-refractivity contribution is -0.274. The molecule has 0 radical (unpaired) electrons. The molecule has 21 heavy (non-hydrogen) atoms. The zero-order chi connectivity index (χ0) is 15.7. The number of hydrogen-bond acceptors (Lipinski definition) is 4. The minimum atomic E-state index is -4.86. The molecule has 112 valence electrons. The summed E-state index contributed by atoms with van der Waals surface area (Å²) in [5.41, 5.74) is -0.0642. The van der Waals surface area contributed by atoms with Crippen LogP contribution in [0, 0.1) is 0 Å². The van der Waals surface area contributed by atoms with Crippen LogP contribution in [0.3, 0.4) is 0 Å². The number of rotatable bonds is 4. The molecular weight excluding hydrogens is 311 g/mol. The van der Waals surface area contributed by atoms with Crippen LogP contribution < -0.4 is 4.74 Å². The van der Waals surface area contributed by atoms with Gasteiger partial charge >= 0.3 is 6.36 Å². The topological polar surface area (TPSA) is 76.2 Å². The maximum Gasteiger partial charge on any atom is 0.573 e. The maximum atomic E-state index is 12.2. The third-order valence-electron chi connectivity index (χ3n) is 2.52. The average Bonchev–Trinajstić information content (AvgIpc) is 2.86. The van der Waals surface area contributed by atoms with Crippen molar-refractivity contribution in [1.82, 2.24) is 4.98 Å². The molecule has 0 saturated heterocycles. The molecule has 0 spiro atoms. The highest BCUT2D eigenvalue weighted by Crippen LogP contribution is 2.27. The van der Waals surface area contributed by atoms with Crippen molar-refractivity contribution in [3.63, 3.8) is 0 Å². The molecule has 1 heterocycles. The summed E-state index contributed by atoms with van der Waals surface area (Å²) in [5.74, 6) is -0.536. The lowest BCUT2D eigenvalue weighted by Gasteiger charge is -2.09. The monoisotopic (exact) mass is 319 g/mol. The van der Waals surface area contributed by atoms with Crippen LogP contribution in [0.15, 0.2) is 46.5 Å². The summed E-state index contributed by atoms with van der Waals surface area (Å²) in [6, 6.07) is 3.71. The Kier molecular flexibility index (Phi) is 3.77. The first-order chi connectivity index (χ1) is 9.74. The van der Waals surface area contributed by atoms with Gasteiger partial charge in [0.1, 0.15) is 5.75 Å². The van der Waals surface area contributed by atoms with E-state index in [1.807, 2.05) is 0 Å². The Morgan fingerprint density at radius 1 is 1.10 bits per heavy atom. The van der Waals surface area contributed by atoms with E-state index >= 15 is 0 Å². The Labute approximate surface area is 117 Å². The molecule has 1 aromatic heterocycles. The molecule has 0 unspecified atom stereocenters. The van der Waals surface area contributed by atoms with Crippen molar-refractivity contribution in [1.29, 1.82) is 0 Å². The first kappa shape index (κ1) is 15.1. The Hall–Kier alpha value is -2.29.